The van der Waals surface area contributed by atoms with Gasteiger partial charge < -0.3 is 14.8 Å². The quantitative estimate of drug-likeness (QED) is 0.396. The second kappa shape index (κ2) is 9.84. The molecule has 0 radical (unpaired) electrons. The summed E-state index contributed by atoms with van der Waals surface area (Å²) in [5.41, 5.74) is 0.564. The Balaban J connectivity index is 1.62. The number of rotatable bonds is 8. The van der Waals surface area contributed by atoms with Crippen LogP contribution in [0.25, 0.3) is 0 Å². The first kappa shape index (κ1) is 22.0. The molecule has 0 aromatic heterocycles. The van der Waals surface area contributed by atoms with Crippen molar-refractivity contribution in [2.45, 2.75) is 57.6 Å². The molecule has 0 bridgehead atoms. The van der Waals surface area contributed by atoms with E-state index in [0.717, 1.165) is 30.6 Å². The molecule has 1 saturated carbocycles. The van der Waals surface area contributed by atoms with Gasteiger partial charge in [-0.05, 0) is 44.4 Å². The SMILES string of the molecule is COCCCN1C(=O)c2ccc(C(=O)O[C@H](C)C(=O)NC3CCCCC3)cc2C1=O. The van der Waals surface area contributed by atoms with Gasteiger partial charge >= 0.3 is 5.97 Å². The third-order valence-corrected chi connectivity index (χ3v) is 5.54. The largest absolute Gasteiger partial charge is 0.449 e. The summed E-state index contributed by atoms with van der Waals surface area (Å²) in [6.45, 7) is 2.21. The molecule has 0 saturated heterocycles. The van der Waals surface area contributed by atoms with E-state index in [2.05, 4.69) is 5.32 Å². The van der Waals surface area contributed by atoms with E-state index in [1.54, 1.807) is 7.11 Å². The fraction of sp³-hybridized carbons (Fsp3) is 0.545. The van der Waals surface area contributed by atoms with Gasteiger partial charge in [0.05, 0.1) is 16.7 Å². The van der Waals surface area contributed by atoms with Crippen LogP contribution in [0.3, 0.4) is 0 Å². The summed E-state index contributed by atoms with van der Waals surface area (Å²) in [5.74, 6) is -1.86. The van der Waals surface area contributed by atoms with Crippen LogP contribution >= 0.6 is 0 Å². The van der Waals surface area contributed by atoms with E-state index in [0.29, 0.717) is 13.0 Å². The molecule has 1 aromatic carbocycles. The van der Waals surface area contributed by atoms with Crippen molar-refractivity contribution in [1.82, 2.24) is 10.2 Å². The minimum absolute atomic E-state index is 0.125. The van der Waals surface area contributed by atoms with E-state index < -0.39 is 18.0 Å². The third-order valence-electron chi connectivity index (χ3n) is 5.54. The number of benzene rings is 1. The van der Waals surface area contributed by atoms with Crippen molar-refractivity contribution in [3.05, 3.63) is 34.9 Å². The number of carbonyl (C=O) groups excluding carboxylic acids is 4. The van der Waals surface area contributed by atoms with Crippen LogP contribution < -0.4 is 5.32 Å². The van der Waals surface area contributed by atoms with Crippen LogP contribution in [-0.2, 0) is 14.3 Å². The second-order valence-corrected chi connectivity index (χ2v) is 7.76. The first-order valence-electron chi connectivity index (χ1n) is 10.4. The van der Waals surface area contributed by atoms with Crippen molar-refractivity contribution in [3.8, 4) is 0 Å². The maximum Gasteiger partial charge on any atom is 0.338 e. The Hall–Kier alpha value is -2.74. The van der Waals surface area contributed by atoms with E-state index in [9.17, 15) is 19.2 Å². The van der Waals surface area contributed by atoms with Crippen LogP contribution in [0.2, 0.25) is 0 Å². The molecule has 1 aliphatic carbocycles. The second-order valence-electron chi connectivity index (χ2n) is 7.76. The first-order chi connectivity index (χ1) is 14.4. The number of ether oxygens (including phenoxy) is 2. The Morgan fingerprint density at radius 2 is 1.83 bits per heavy atom. The van der Waals surface area contributed by atoms with E-state index in [4.69, 9.17) is 9.47 Å². The van der Waals surface area contributed by atoms with Gasteiger partial charge in [0.15, 0.2) is 6.10 Å². The molecule has 3 amide bonds. The smallest absolute Gasteiger partial charge is 0.338 e. The Morgan fingerprint density at radius 1 is 1.13 bits per heavy atom. The van der Waals surface area contributed by atoms with Crippen LogP contribution in [0.5, 0.6) is 0 Å². The molecule has 30 heavy (non-hydrogen) atoms. The predicted octanol–water partition coefficient (Wildman–Crippen LogP) is 2.31. The summed E-state index contributed by atoms with van der Waals surface area (Å²) in [6.07, 6.45) is 4.82. The molecule has 0 unspecified atom stereocenters. The van der Waals surface area contributed by atoms with Gasteiger partial charge in [-0.3, -0.25) is 19.3 Å². The number of esters is 1. The van der Waals surface area contributed by atoms with Crippen molar-refractivity contribution >= 4 is 23.7 Å². The molecule has 3 rings (SSSR count). The average Bonchev–Trinajstić information content (AvgIpc) is 2.98. The van der Waals surface area contributed by atoms with Gasteiger partial charge in [0, 0.05) is 26.3 Å². The van der Waals surface area contributed by atoms with Crippen molar-refractivity contribution < 1.29 is 28.7 Å². The number of methoxy groups -OCH3 is 1. The molecule has 1 fully saturated rings. The van der Waals surface area contributed by atoms with Crippen molar-refractivity contribution in [2.75, 3.05) is 20.3 Å². The molecule has 0 spiro atoms. The molecular formula is C22H28N2O6. The minimum Gasteiger partial charge on any atom is -0.449 e. The van der Waals surface area contributed by atoms with Crippen LogP contribution in [-0.4, -0.2) is 61.0 Å². The summed E-state index contributed by atoms with van der Waals surface area (Å²) >= 11 is 0. The average molecular weight is 416 g/mol. The fourth-order valence-corrected chi connectivity index (χ4v) is 3.84. The molecule has 2 aliphatic rings. The van der Waals surface area contributed by atoms with E-state index in [-0.39, 0.29) is 41.1 Å². The number of nitrogens with zero attached hydrogens (tertiary/aromatic N) is 1. The van der Waals surface area contributed by atoms with E-state index in [1.165, 1.54) is 31.5 Å². The Labute approximate surface area is 175 Å². The number of hydrogen-bond donors (Lipinski definition) is 1. The first-order valence-corrected chi connectivity index (χ1v) is 10.4. The molecule has 1 atom stereocenters. The zero-order valence-corrected chi connectivity index (χ0v) is 17.4. The molecule has 1 aromatic rings. The lowest BCUT2D eigenvalue weighted by molar-refractivity contribution is -0.130. The van der Waals surface area contributed by atoms with Crippen LogP contribution in [0, 0.1) is 0 Å². The number of nitrogens with one attached hydrogen (secondary N) is 1. The lowest BCUT2D eigenvalue weighted by Gasteiger charge is -2.24. The number of hydrogen-bond acceptors (Lipinski definition) is 6. The fourth-order valence-electron chi connectivity index (χ4n) is 3.84. The highest BCUT2D eigenvalue weighted by atomic mass is 16.5. The van der Waals surface area contributed by atoms with Gasteiger partial charge in [-0.2, -0.15) is 0 Å². The predicted molar refractivity (Wildman–Crippen MR) is 108 cm³/mol. The molecule has 1 heterocycles. The maximum atomic E-state index is 12.6. The summed E-state index contributed by atoms with van der Waals surface area (Å²) in [7, 11) is 1.55. The van der Waals surface area contributed by atoms with Gasteiger partial charge in [-0.1, -0.05) is 19.3 Å². The van der Waals surface area contributed by atoms with Crippen LogP contribution in [0.1, 0.15) is 76.5 Å². The standard InChI is InChI=1S/C22H28N2O6/c1-14(19(25)23-16-7-4-3-5-8-16)30-22(28)15-9-10-17-18(13-15)21(27)24(20(17)26)11-6-12-29-2/h9-10,13-14,16H,3-8,11-12H2,1-2H3,(H,23,25)/t14-/m1/s1. The van der Waals surface area contributed by atoms with Crippen LogP contribution in [0.4, 0.5) is 0 Å². The highest BCUT2D eigenvalue weighted by Gasteiger charge is 2.36. The number of fused-ring (bicyclic) bond motifs is 1. The van der Waals surface area contributed by atoms with E-state index >= 15 is 0 Å². The number of carbonyl (C=O) groups is 4. The summed E-state index contributed by atoms with van der Waals surface area (Å²) < 4.78 is 10.3. The zero-order valence-electron chi connectivity index (χ0n) is 17.4. The maximum absolute atomic E-state index is 12.6. The number of imide groups is 1. The molecular weight excluding hydrogens is 388 g/mol. The van der Waals surface area contributed by atoms with Gasteiger partial charge in [-0.25, -0.2) is 4.79 Å². The molecule has 1 N–H and O–H groups in total. The van der Waals surface area contributed by atoms with Crippen molar-refractivity contribution in [1.29, 1.82) is 0 Å². The Kier molecular flexibility index (Phi) is 7.20. The molecule has 8 nitrogen and oxygen atoms in total. The number of amides is 3. The van der Waals surface area contributed by atoms with Gasteiger partial charge in [-0.15, -0.1) is 0 Å². The summed E-state index contributed by atoms with van der Waals surface area (Å²) in [5, 5.41) is 2.93. The highest BCUT2D eigenvalue weighted by Crippen LogP contribution is 2.25. The molecule has 8 heteroatoms. The summed E-state index contributed by atoms with van der Waals surface area (Å²) in [6, 6.07) is 4.38. The lowest BCUT2D eigenvalue weighted by atomic mass is 9.95. The van der Waals surface area contributed by atoms with E-state index in [1.807, 2.05) is 0 Å². The molecule has 162 valence electrons. The normalized spacial score (nSPS) is 17.6. The van der Waals surface area contributed by atoms with Gasteiger partial charge in [0.1, 0.15) is 0 Å². The van der Waals surface area contributed by atoms with Gasteiger partial charge in [0.2, 0.25) is 0 Å². The van der Waals surface area contributed by atoms with Crippen LogP contribution in [0.15, 0.2) is 18.2 Å². The third kappa shape index (κ3) is 4.87. The minimum atomic E-state index is -0.949. The van der Waals surface area contributed by atoms with Crippen molar-refractivity contribution in [3.63, 3.8) is 0 Å². The topological polar surface area (TPSA) is 102 Å². The molecule has 1 aliphatic heterocycles. The highest BCUT2D eigenvalue weighted by molar-refractivity contribution is 6.22. The summed E-state index contributed by atoms with van der Waals surface area (Å²) in [4.78, 5) is 51.0. The lowest BCUT2D eigenvalue weighted by Crippen LogP contribution is -2.42. The monoisotopic (exact) mass is 416 g/mol. The van der Waals surface area contributed by atoms with Gasteiger partial charge in [0.25, 0.3) is 17.7 Å². The Morgan fingerprint density at radius 3 is 2.53 bits per heavy atom. The Bertz CT molecular complexity index is 831. The zero-order chi connectivity index (χ0) is 21.7. The van der Waals surface area contributed by atoms with Crippen molar-refractivity contribution in [2.24, 2.45) is 0 Å².